The van der Waals surface area contributed by atoms with Crippen LogP contribution < -0.4 is 0 Å². The predicted molar refractivity (Wildman–Crippen MR) is 88.4 cm³/mol. The van der Waals surface area contributed by atoms with Crippen molar-refractivity contribution in [1.29, 1.82) is 0 Å². The van der Waals surface area contributed by atoms with Crippen LogP contribution in [0.5, 0.6) is 0 Å². The van der Waals surface area contributed by atoms with Gasteiger partial charge in [0, 0.05) is 10.5 Å². The number of nitrogens with one attached hydrogen (secondary N) is 1. The summed E-state index contributed by atoms with van der Waals surface area (Å²) in [5.41, 5.74) is 3.48. The molecule has 2 nitrogen and oxygen atoms in total. The summed E-state index contributed by atoms with van der Waals surface area (Å²) in [6.07, 6.45) is 1.22. The van der Waals surface area contributed by atoms with E-state index in [2.05, 4.69) is 55.9 Å². The molecule has 0 saturated carbocycles. The Hall–Kier alpha value is -0.610. The molecule has 0 aliphatic heterocycles. The SMILES string of the molecule is Cc1ccc2nc(SCCCSC(C)(C)C)[nH]c2c1. The van der Waals surface area contributed by atoms with Gasteiger partial charge in [-0.05, 0) is 36.8 Å². The number of benzene rings is 1. The van der Waals surface area contributed by atoms with Crippen molar-refractivity contribution in [2.75, 3.05) is 11.5 Å². The van der Waals surface area contributed by atoms with Gasteiger partial charge in [-0.25, -0.2) is 4.98 Å². The van der Waals surface area contributed by atoms with Crippen LogP contribution in [0.25, 0.3) is 11.0 Å². The molecule has 19 heavy (non-hydrogen) atoms. The molecule has 104 valence electrons. The molecule has 0 bridgehead atoms. The topological polar surface area (TPSA) is 28.7 Å². The highest BCUT2D eigenvalue weighted by molar-refractivity contribution is 8.00. The maximum absolute atomic E-state index is 4.60. The zero-order chi connectivity index (χ0) is 13.9. The number of nitrogens with zero attached hydrogens (tertiary/aromatic N) is 1. The van der Waals surface area contributed by atoms with E-state index >= 15 is 0 Å². The van der Waals surface area contributed by atoms with Gasteiger partial charge < -0.3 is 4.98 Å². The average molecular weight is 294 g/mol. The van der Waals surface area contributed by atoms with Gasteiger partial charge in [-0.1, -0.05) is 38.6 Å². The number of fused-ring (bicyclic) bond motifs is 1. The molecule has 1 aromatic carbocycles. The van der Waals surface area contributed by atoms with Crippen molar-refractivity contribution in [2.45, 2.75) is 44.0 Å². The van der Waals surface area contributed by atoms with Gasteiger partial charge in [0.1, 0.15) is 0 Å². The van der Waals surface area contributed by atoms with Crippen LogP contribution in [0.2, 0.25) is 0 Å². The number of aromatic amines is 1. The zero-order valence-electron chi connectivity index (χ0n) is 12.1. The lowest BCUT2D eigenvalue weighted by Crippen LogP contribution is -2.08. The second-order valence-corrected chi connectivity index (χ2v) is 8.73. The Kier molecular flexibility index (Phi) is 4.85. The maximum Gasteiger partial charge on any atom is 0.166 e. The minimum Gasteiger partial charge on any atom is -0.333 e. The van der Waals surface area contributed by atoms with Crippen LogP contribution in [-0.4, -0.2) is 26.2 Å². The molecule has 1 N–H and O–H groups in total. The first-order valence-electron chi connectivity index (χ1n) is 6.67. The summed E-state index contributed by atoms with van der Waals surface area (Å²) in [6.45, 7) is 8.92. The van der Waals surface area contributed by atoms with Crippen LogP contribution in [0.4, 0.5) is 0 Å². The summed E-state index contributed by atoms with van der Waals surface area (Å²) in [6, 6.07) is 6.35. The molecule has 0 aliphatic carbocycles. The van der Waals surface area contributed by atoms with Gasteiger partial charge in [0.05, 0.1) is 11.0 Å². The third-order valence-corrected chi connectivity index (χ3v) is 5.00. The molecule has 0 fully saturated rings. The van der Waals surface area contributed by atoms with Gasteiger partial charge in [0.2, 0.25) is 0 Å². The van der Waals surface area contributed by atoms with Crippen LogP contribution in [0, 0.1) is 6.92 Å². The number of hydrogen-bond acceptors (Lipinski definition) is 3. The highest BCUT2D eigenvalue weighted by Crippen LogP contribution is 2.25. The van der Waals surface area contributed by atoms with E-state index in [9.17, 15) is 0 Å². The molecule has 0 radical (unpaired) electrons. The minimum atomic E-state index is 0.377. The first-order chi connectivity index (χ1) is 8.94. The summed E-state index contributed by atoms with van der Waals surface area (Å²) < 4.78 is 0.377. The Labute approximate surface area is 124 Å². The van der Waals surface area contributed by atoms with Crippen molar-refractivity contribution < 1.29 is 0 Å². The Balaban J connectivity index is 1.82. The molecule has 1 aromatic heterocycles. The summed E-state index contributed by atoms with van der Waals surface area (Å²) in [7, 11) is 0. The Morgan fingerprint density at radius 3 is 2.74 bits per heavy atom. The summed E-state index contributed by atoms with van der Waals surface area (Å²) in [5.74, 6) is 2.34. The van der Waals surface area contributed by atoms with Gasteiger partial charge in [0.25, 0.3) is 0 Å². The highest BCUT2D eigenvalue weighted by atomic mass is 32.2. The van der Waals surface area contributed by atoms with Crippen molar-refractivity contribution >= 4 is 34.6 Å². The van der Waals surface area contributed by atoms with E-state index in [0.29, 0.717) is 4.75 Å². The fraction of sp³-hybridized carbons (Fsp3) is 0.533. The first-order valence-corrected chi connectivity index (χ1v) is 8.64. The van der Waals surface area contributed by atoms with Gasteiger partial charge in [-0.15, -0.1) is 0 Å². The lowest BCUT2D eigenvalue weighted by molar-refractivity contribution is 0.801. The number of aryl methyl sites for hydroxylation is 1. The van der Waals surface area contributed by atoms with Crippen LogP contribution in [0.3, 0.4) is 0 Å². The molecule has 4 heteroatoms. The molecule has 0 amide bonds. The normalized spacial score (nSPS) is 12.2. The van der Waals surface area contributed by atoms with E-state index < -0.39 is 0 Å². The lowest BCUT2D eigenvalue weighted by Gasteiger charge is -2.16. The first kappa shape index (κ1) is 14.8. The van der Waals surface area contributed by atoms with Crippen molar-refractivity contribution in [3.63, 3.8) is 0 Å². The maximum atomic E-state index is 4.60. The van der Waals surface area contributed by atoms with Crippen LogP contribution in [0.15, 0.2) is 23.4 Å². The monoisotopic (exact) mass is 294 g/mol. The van der Waals surface area contributed by atoms with Gasteiger partial charge in [0.15, 0.2) is 5.16 Å². The van der Waals surface area contributed by atoms with E-state index in [1.54, 1.807) is 0 Å². The number of rotatable bonds is 5. The number of H-pyrrole nitrogens is 1. The molecule has 0 unspecified atom stereocenters. The van der Waals surface area contributed by atoms with Gasteiger partial charge in [-0.2, -0.15) is 11.8 Å². The highest BCUT2D eigenvalue weighted by Gasteiger charge is 2.09. The summed E-state index contributed by atoms with van der Waals surface area (Å²) >= 11 is 3.85. The number of hydrogen-bond donors (Lipinski definition) is 1. The van der Waals surface area contributed by atoms with Crippen LogP contribution in [0.1, 0.15) is 32.8 Å². The van der Waals surface area contributed by atoms with Crippen LogP contribution in [-0.2, 0) is 0 Å². The van der Waals surface area contributed by atoms with Gasteiger partial charge in [-0.3, -0.25) is 0 Å². The number of imidazole rings is 1. The van der Waals surface area contributed by atoms with Crippen molar-refractivity contribution in [2.24, 2.45) is 0 Å². The zero-order valence-corrected chi connectivity index (χ0v) is 13.8. The average Bonchev–Trinajstić information content (AvgIpc) is 2.68. The molecule has 2 rings (SSSR count). The van der Waals surface area contributed by atoms with Crippen molar-refractivity contribution in [3.8, 4) is 0 Å². The Bertz CT molecular complexity index is 541. The number of aromatic nitrogens is 2. The predicted octanol–water partition coefficient (Wildman–Crippen LogP) is 4.89. The van der Waals surface area contributed by atoms with Crippen LogP contribution >= 0.6 is 23.5 Å². The van der Waals surface area contributed by atoms with E-state index in [4.69, 9.17) is 0 Å². The third kappa shape index (κ3) is 4.77. The minimum absolute atomic E-state index is 0.377. The molecule has 0 spiro atoms. The lowest BCUT2D eigenvalue weighted by atomic mass is 10.2. The van der Waals surface area contributed by atoms with E-state index in [1.165, 1.54) is 17.7 Å². The van der Waals surface area contributed by atoms with E-state index in [-0.39, 0.29) is 0 Å². The Morgan fingerprint density at radius 2 is 2.00 bits per heavy atom. The van der Waals surface area contributed by atoms with E-state index in [1.807, 2.05) is 23.5 Å². The Morgan fingerprint density at radius 1 is 1.21 bits per heavy atom. The van der Waals surface area contributed by atoms with Crippen molar-refractivity contribution in [1.82, 2.24) is 9.97 Å². The quantitative estimate of drug-likeness (QED) is 0.629. The third-order valence-electron chi connectivity index (χ3n) is 2.68. The largest absolute Gasteiger partial charge is 0.333 e. The van der Waals surface area contributed by atoms with Gasteiger partial charge >= 0.3 is 0 Å². The molecule has 2 aromatic rings. The smallest absolute Gasteiger partial charge is 0.166 e. The summed E-state index contributed by atoms with van der Waals surface area (Å²) in [5, 5.41) is 1.04. The molecule has 0 aliphatic rings. The standard InChI is InChI=1S/C15H22N2S2/c1-11-6-7-12-13(10-11)17-14(16-12)18-8-5-9-19-15(2,3)4/h6-7,10H,5,8-9H2,1-4H3,(H,16,17). The molecule has 1 heterocycles. The number of thioether (sulfide) groups is 2. The molecule has 0 atom stereocenters. The van der Waals surface area contributed by atoms with E-state index in [0.717, 1.165) is 21.9 Å². The molecule has 0 saturated heterocycles. The fourth-order valence-electron chi connectivity index (χ4n) is 1.77. The fourth-order valence-corrected chi connectivity index (χ4v) is 3.69. The molecular weight excluding hydrogens is 272 g/mol. The second kappa shape index (κ2) is 6.23. The molecular formula is C15H22N2S2. The second-order valence-electron chi connectivity index (χ2n) is 5.73. The van der Waals surface area contributed by atoms with Crippen molar-refractivity contribution in [3.05, 3.63) is 23.8 Å². The summed E-state index contributed by atoms with van der Waals surface area (Å²) in [4.78, 5) is 7.99.